The monoisotopic (exact) mass is 506 g/mol. The quantitative estimate of drug-likeness (QED) is 0.305. The van der Waals surface area contributed by atoms with Gasteiger partial charge in [-0.2, -0.15) is 0 Å². The highest BCUT2D eigenvalue weighted by atomic mass is 127. The maximum atomic E-state index is 5.51. The fourth-order valence-electron chi connectivity index (χ4n) is 3.25. The zero-order valence-electron chi connectivity index (χ0n) is 17.5. The first-order chi connectivity index (χ1) is 13.2. The summed E-state index contributed by atoms with van der Waals surface area (Å²) in [7, 11) is 4.91. The topological polar surface area (TPSA) is 67.4 Å². The Morgan fingerprint density at radius 3 is 2.18 bits per heavy atom. The standard InChI is InChI=1S/C20H34N4O3.HI/c1-5-21-20(22-9-12-24-10-7-6-8-11-24)23-15-17-18(26-3)13-16(25-2)14-19(17)27-4;/h13-14H,5-12,15H2,1-4H3,(H2,21,22,23);1H. The lowest BCUT2D eigenvalue weighted by molar-refractivity contribution is 0.232. The lowest BCUT2D eigenvalue weighted by Gasteiger charge is -2.26. The van der Waals surface area contributed by atoms with Crippen LogP contribution < -0.4 is 24.8 Å². The number of methoxy groups -OCH3 is 3. The van der Waals surface area contributed by atoms with E-state index in [0.29, 0.717) is 23.8 Å². The molecule has 28 heavy (non-hydrogen) atoms. The number of benzene rings is 1. The van der Waals surface area contributed by atoms with E-state index in [4.69, 9.17) is 19.2 Å². The molecule has 0 bridgehead atoms. The van der Waals surface area contributed by atoms with Crippen molar-refractivity contribution in [2.75, 3.05) is 54.1 Å². The van der Waals surface area contributed by atoms with Crippen LogP contribution in [0.1, 0.15) is 31.7 Å². The molecule has 1 aromatic carbocycles. The summed E-state index contributed by atoms with van der Waals surface area (Å²) in [5.41, 5.74) is 0.897. The van der Waals surface area contributed by atoms with Crippen LogP contribution in [0.15, 0.2) is 17.1 Å². The average Bonchev–Trinajstić information content (AvgIpc) is 2.72. The first-order valence-corrected chi connectivity index (χ1v) is 9.75. The van der Waals surface area contributed by atoms with Crippen LogP contribution in [0.3, 0.4) is 0 Å². The van der Waals surface area contributed by atoms with Gasteiger partial charge in [0.15, 0.2) is 5.96 Å². The van der Waals surface area contributed by atoms with Gasteiger partial charge in [0.2, 0.25) is 0 Å². The summed E-state index contributed by atoms with van der Waals surface area (Å²) < 4.78 is 16.3. The molecule has 0 amide bonds. The van der Waals surface area contributed by atoms with E-state index in [1.165, 1.54) is 32.4 Å². The number of rotatable bonds is 9. The zero-order chi connectivity index (χ0) is 19.5. The van der Waals surface area contributed by atoms with E-state index in [1.54, 1.807) is 21.3 Å². The van der Waals surface area contributed by atoms with Gasteiger partial charge in [-0.25, -0.2) is 4.99 Å². The van der Waals surface area contributed by atoms with E-state index < -0.39 is 0 Å². The summed E-state index contributed by atoms with van der Waals surface area (Å²) >= 11 is 0. The van der Waals surface area contributed by atoms with E-state index >= 15 is 0 Å². The van der Waals surface area contributed by atoms with Crippen molar-refractivity contribution in [1.29, 1.82) is 0 Å². The minimum atomic E-state index is 0. The van der Waals surface area contributed by atoms with E-state index in [9.17, 15) is 0 Å². The molecule has 0 aromatic heterocycles. The fraction of sp³-hybridized carbons (Fsp3) is 0.650. The summed E-state index contributed by atoms with van der Waals surface area (Å²) in [6, 6.07) is 3.70. The van der Waals surface area contributed by atoms with Gasteiger partial charge in [0.25, 0.3) is 0 Å². The molecule has 0 spiro atoms. The van der Waals surface area contributed by atoms with Gasteiger partial charge in [-0.1, -0.05) is 6.42 Å². The number of ether oxygens (including phenoxy) is 3. The first-order valence-electron chi connectivity index (χ1n) is 9.75. The molecule has 2 rings (SSSR count). The highest BCUT2D eigenvalue weighted by Crippen LogP contribution is 2.34. The molecular weight excluding hydrogens is 471 g/mol. The summed E-state index contributed by atoms with van der Waals surface area (Å²) in [6.45, 7) is 7.66. The third-order valence-electron chi connectivity index (χ3n) is 4.73. The fourth-order valence-corrected chi connectivity index (χ4v) is 3.25. The molecule has 1 saturated heterocycles. The Hall–Kier alpha value is -1.42. The van der Waals surface area contributed by atoms with Crippen LogP contribution in [0.5, 0.6) is 17.2 Å². The van der Waals surface area contributed by atoms with Crippen molar-refractivity contribution in [3.63, 3.8) is 0 Å². The molecule has 1 aliphatic heterocycles. The van der Waals surface area contributed by atoms with Crippen molar-refractivity contribution < 1.29 is 14.2 Å². The zero-order valence-corrected chi connectivity index (χ0v) is 19.9. The average molecular weight is 506 g/mol. The molecule has 7 nitrogen and oxygen atoms in total. The van der Waals surface area contributed by atoms with Crippen LogP contribution >= 0.6 is 24.0 Å². The largest absolute Gasteiger partial charge is 0.496 e. The number of guanidine groups is 1. The van der Waals surface area contributed by atoms with E-state index in [0.717, 1.165) is 31.2 Å². The molecule has 1 fully saturated rings. The van der Waals surface area contributed by atoms with Gasteiger partial charge in [0.05, 0.1) is 33.4 Å². The van der Waals surface area contributed by atoms with Crippen molar-refractivity contribution in [3.05, 3.63) is 17.7 Å². The maximum Gasteiger partial charge on any atom is 0.191 e. The molecule has 2 N–H and O–H groups in total. The van der Waals surface area contributed by atoms with Crippen molar-refractivity contribution in [2.45, 2.75) is 32.7 Å². The summed E-state index contributed by atoms with van der Waals surface area (Å²) in [5.74, 6) is 2.91. The summed E-state index contributed by atoms with van der Waals surface area (Å²) in [5, 5.41) is 6.73. The second kappa shape index (κ2) is 13.7. The van der Waals surface area contributed by atoms with E-state index in [2.05, 4.69) is 22.5 Å². The van der Waals surface area contributed by atoms with Gasteiger partial charge in [0, 0.05) is 31.8 Å². The number of hydrogen-bond acceptors (Lipinski definition) is 5. The van der Waals surface area contributed by atoms with Crippen molar-refractivity contribution in [3.8, 4) is 17.2 Å². The van der Waals surface area contributed by atoms with Crippen LogP contribution in [0.4, 0.5) is 0 Å². The van der Waals surface area contributed by atoms with Gasteiger partial charge >= 0.3 is 0 Å². The number of nitrogens with one attached hydrogen (secondary N) is 2. The molecule has 160 valence electrons. The lowest BCUT2D eigenvalue weighted by Crippen LogP contribution is -2.42. The highest BCUT2D eigenvalue weighted by Gasteiger charge is 2.14. The SMILES string of the molecule is CCNC(=NCc1c(OC)cc(OC)cc1OC)NCCN1CCCCC1.I. The van der Waals surface area contributed by atoms with Crippen LogP contribution in [0.25, 0.3) is 0 Å². The lowest BCUT2D eigenvalue weighted by atomic mass is 10.1. The van der Waals surface area contributed by atoms with Crippen LogP contribution in [-0.4, -0.2) is 64.9 Å². The summed E-state index contributed by atoms with van der Waals surface area (Å²) in [4.78, 5) is 7.22. The number of halogens is 1. The molecule has 0 saturated carbocycles. The van der Waals surface area contributed by atoms with Gasteiger partial charge in [-0.3, -0.25) is 0 Å². The Bertz CT molecular complexity index is 582. The minimum absolute atomic E-state index is 0. The van der Waals surface area contributed by atoms with Crippen LogP contribution in [0.2, 0.25) is 0 Å². The Labute approximate surface area is 186 Å². The van der Waals surface area contributed by atoms with Crippen LogP contribution in [0, 0.1) is 0 Å². The van der Waals surface area contributed by atoms with Crippen molar-refractivity contribution in [1.82, 2.24) is 15.5 Å². The Balaban J connectivity index is 0.00000392. The van der Waals surface area contributed by atoms with Gasteiger partial charge in [0.1, 0.15) is 17.2 Å². The third-order valence-corrected chi connectivity index (χ3v) is 4.73. The van der Waals surface area contributed by atoms with Gasteiger partial charge in [-0.15, -0.1) is 24.0 Å². The maximum absolute atomic E-state index is 5.51. The molecule has 0 aliphatic carbocycles. The van der Waals surface area contributed by atoms with Crippen LogP contribution in [-0.2, 0) is 6.54 Å². The Kier molecular flexibility index (Phi) is 12.1. The number of piperidine rings is 1. The molecule has 8 heteroatoms. The Morgan fingerprint density at radius 1 is 1.00 bits per heavy atom. The number of nitrogens with zero attached hydrogens (tertiary/aromatic N) is 2. The predicted molar refractivity (Wildman–Crippen MR) is 125 cm³/mol. The normalized spacial score (nSPS) is 14.8. The van der Waals surface area contributed by atoms with E-state index in [-0.39, 0.29) is 24.0 Å². The number of likely N-dealkylation sites (tertiary alicyclic amines) is 1. The first kappa shape index (κ1) is 24.6. The molecule has 0 radical (unpaired) electrons. The second-order valence-corrected chi connectivity index (χ2v) is 6.53. The second-order valence-electron chi connectivity index (χ2n) is 6.53. The van der Waals surface area contributed by atoms with Gasteiger partial charge in [-0.05, 0) is 32.9 Å². The molecule has 0 atom stereocenters. The summed E-state index contributed by atoms with van der Waals surface area (Å²) in [6.07, 6.45) is 3.98. The Morgan fingerprint density at radius 2 is 1.64 bits per heavy atom. The molecular formula is C20H35IN4O3. The predicted octanol–water partition coefficient (Wildman–Crippen LogP) is 2.87. The molecule has 0 unspecified atom stereocenters. The minimum Gasteiger partial charge on any atom is -0.496 e. The van der Waals surface area contributed by atoms with Crippen molar-refractivity contribution in [2.24, 2.45) is 4.99 Å². The van der Waals surface area contributed by atoms with E-state index in [1.807, 2.05) is 12.1 Å². The molecule has 1 aliphatic rings. The molecule has 1 aromatic rings. The molecule has 1 heterocycles. The van der Waals surface area contributed by atoms with Gasteiger partial charge < -0.3 is 29.7 Å². The number of aliphatic imine (C=N–C) groups is 1. The number of hydrogen-bond donors (Lipinski definition) is 2. The third kappa shape index (κ3) is 7.54. The smallest absolute Gasteiger partial charge is 0.191 e. The van der Waals surface area contributed by atoms with Crippen molar-refractivity contribution >= 4 is 29.9 Å². The highest BCUT2D eigenvalue weighted by molar-refractivity contribution is 14.0.